The molecule has 14 nitrogen and oxygen atoms in total. The minimum Gasteiger partial charge on any atom is -0.340 e. The van der Waals surface area contributed by atoms with Crippen molar-refractivity contribution in [2.45, 2.75) is 25.7 Å². The number of rotatable bonds is 9. The van der Waals surface area contributed by atoms with Crippen LogP contribution < -0.4 is 5.73 Å². The van der Waals surface area contributed by atoms with Crippen molar-refractivity contribution in [3.63, 3.8) is 0 Å². The van der Waals surface area contributed by atoms with Gasteiger partial charge in [0.2, 0.25) is 31.9 Å². The molecule has 0 unspecified atom stereocenters. The van der Waals surface area contributed by atoms with Crippen LogP contribution in [0.5, 0.6) is 0 Å². The zero-order valence-electron chi connectivity index (χ0n) is 20.3. The van der Waals surface area contributed by atoms with Crippen LogP contribution in [0.15, 0.2) is 5.11 Å². The fourth-order valence-electron chi connectivity index (χ4n) is 3.45. The summed E-state index contributed by atoms with van der Waals surface area (Å²) in [7, 11) is -6.28. The number of carbonyl (C=O) groups is 2. The lowest BCUT2D eigenvalue weighted by Gasteiger charge is -2.33. The van der Waals surface area contributed by atoms with Crippen LogP contribution in [0.1, 0.15) is 25.7 Å². The number of hydrogen-bond donors (Lipinski definition) is 1. The summed E-state index contributed by atoms with van der Waals surface area (Å²) in [6.07, 6.45) is 4.36. The zero-order chi connectivity index (χ0) is 25.8. The van der Waals surface area contributed by atoms with Crippen LogP contribution in [0, 0.1) is 0 Å². The second-order valence-electron chi connectivity index (χ2n) is 8.04. The predicted octanol–water partition coefficient (Wildman–Crippen LogP) is -0.568. The van der Waals surface area contributed by atoms with Crippen molar-refractivity contribution in [1.82, 2.24) is 18.4 Å². The number of amides is 2. The van der Waals surface area contributed by atoms with Gasteiger partial charge in [-0.2, -0.15) is 8.61 Å². The molecule has 0 spiro atoms. The Balaban J connectivity index is 0.000000646. The average Bonchev–Trinajstić information content (AvgIpc) is 2.79. The monoisotopic (exact) mass is 560 g/mol. The van der Waals surface area contributed by atoms with Gasteiger partial charge in [0.15, 0.2) is 0 Å². The second-order valence-corrected chi connectivity index (χ2v) is 12.0. The van der Waals surface area contributed by atoms with Gasteiger partial charge in [-0.1, -0.05) is 5.11 Å². The summed E-state index contributed by atoms with van der Waals surface area (Å²) in [5.41, 5.74) is 13.4. The number of nitrogens with two attached hydrogens (primary N) is 1. The minimum atomic E-state index is -3.16. The van der Waals surface area contributed by atoms with Gasteiger partial charge in [-0.3, -0.25) is 9.59 Å². The Labute approximate surface area is 213 Å². The fourth-order valence-corrected chi connectivity index (χ4v) is 5.11. The molecule has 2 rings (SSSR count). The van der Waals surface area contributed by atoms with Gasteiger partial charge in [-0.05, 0) is 24.9 Å². The molecule has 0 atom stereocenters. The third kappa shape index (κ3) is 12.7. The van der Waals surface area contributed by atoms with Gasteiger partial charge >= 0.3 is 0 Å². The first-order chi connectivity index (χ1) is 15.9. The highest BCUT2D eigenvalue weighted by Gasteiger charge is 2.26. The van der Waals surface area contributed by atoms with E-state index in [9.17, 15) is 26.4 Å². The van der Waals surface area contributed by atoms with E-state index in [0.29, 0.717) is 91.1 Å². The molecule has 0 aromatic carbocycles. The van der Waals surface area contributed by atoms with Crippen LogP contribution in [0.4, 0.5) is 0 Å². The number of hydrogen-bond acceptors (Lipinski definition) is 8. The largest absolute Gasteiger partial charge is 0.340 e. The smallest absolute Gasteiger partial charge is 0.222 e. The molecule has 2 aliphatic rings. The summed E-state index contributed by atoms with van der Waals surface area (Å²) in [4.78, 5) is 29.3. The van der Waals surface area contributed by atoms with E-state index < -0.39 is 20.0 Å². The van der Waals surface area contributed by atoms with Crippen molar-refractivity contribution in [3.05, 3.63) is 10.4 Å². The lowest BCUT2D eigenvalue weighted by molar-refractivity contribution is -0.133. The molecule has 35 heavy (non-hydrogen) atoms. The van der Waals surface area contributed by atoms with Gasteiger partial charge in [0.25, 0.3) is 0 Å². The molecule has 0 aromatic heterocycles. The number of nitrogens with zero attached hydrogens (tertiary/aromatic N) is 7. The van der Waals surface area contributed by atoms with Gasteiger partial charge in [0.05, 0.1) is 12.5 Å². The van der Waals surface area contributed by atoms with Gasteiger partial charge in [-0.25, -0.2) is 16.8 Å². The Morgan fingerprint density at radius 3 is 1.49 bits per heavy atom. The topological polar surface area (TPSA) is 190 Å². The van der Waals surface area contributed by atoms with E-state index in [1.54, 1.807) is 9.80 Å². The Bertz CT molecular complexity index is 927. The fraction of sp³-hybridized carbons (Fsp3) is 0.889. The second kappa shape index (κ2) is 16.1. The zero-order valence-corrected chi connectivity index (χ0v) is 22.7. The summed E-state index contributed by atoms with van der Waals surface area (Å²) >= 11 is 0. The van der Waals surface area contributed by atoms with E-state index in [1.807, 2.05) is 0 Å². The van der Waals surface area contributed by atoms with E-state index in [4.69, 9.17) is 11.3 Å². The third-order valence-corrected chi connectivity index (χ3v) is 8.03. The van der Waals surface area contributed by atoms with E-state index in [0.717, 1.165) is 0 Å². The summed E-state index contributed by atoms with van der Waals surface area (Å²) in [6, 6.07) is 0. The van der Waals surface area contributed by atoms with Crippen molar-refractivity contribution in [3.8, 4) is 0 Å². The first-order valence-electron chi connectivity index (χ1n) is 11.1. The van der Waals surface area contributed by atoms with Gasteiger partial charge in [0, 0.05) is 76.7 Å². The molecule has 0 aliphatic carbocycles. The van der Waals surface area contributed by atoms with Crippen LogP contribution in [-0.2, 0) is 29.6 Å². The Morgan fingerprint density at radius 1 is 0.800 bits per heavy atom. The molecule has 2 aliphatic heterocycles. The maximum atomic E-state index is 11.7. The van der Waals surface area contributed by atoms with Gasteiger partial charge in [-0.15, -0.1) is 12.4 Å². The maximum absolute atomic E-state index is 11.7. The molecule has 204 valence electrons. The minimum absolute atomic E-state index is 0. The van der Waals surface area contributed by atoms with Gasteiger partial charge in [0.1, 0.15) is 0 Å². The van der Waals surface area contributed by atoms with Crippen LogP contribution in [0.2, 0.25) is 0 Å². The normalized spacial score (nSPS) is 17.5. The highest BCUT2D eigenvalue weighted by Crippen LogP contribution is 2.09. The lowest BCUT2D eigenvalue weighted by Crippen LogP contribution is -2.50. The molecule has 2 saturated heterocycles. The molecule has 17 heteroatoms. The molecule has 0 saturated carbocycles. The van der Waals surface area contributed by atoms with Crippen molar-refractivity contribution < 1.29 is 26.4 Å². The SMILES string of the molecule is CS(=O)(=O)N1CCN(C(=O)CCCN)CC1.CS(=O)(=O)N1CCN(C(=O)CCCN=[N+]=[N-])CC1.Cl. The van der Waals surface area contributed by atoms with Crippen LogP contribution in [-0.4, -0.2) is 125 Å². The molecule has 0 radical (unpaired) electrons. The van der Waals surface area contributed by atoms with Crippen molar-refractivity contribution >= 4 is 44.3 Å². The van der Waals surface area contributed by atoms with E-state index in [-0.39, 0.29) is 24.2 Å². The Morgan fingerprint density at radius 2 is 1.17 bits per heavy atom. The lowest BCUT2D eigenvalue weighted by atomic mass is 10.2. The standard InChI is InChI=1S/C9H17N5O3S.C9H19N3O3S.ClH/c1-18(16,17)14-7-5-13(6-8-14)9(15)3-2-4-11-12-10;1-16(14,15)12-7-5-11(6-8-12)9(13)3-2-4-10;/h2-8H2,1H3;2-8,10H2,1H3;1H. The van der Waals surface area contributed by atoms with E-state index in [2.05, 4.69) is 10.0 Å². The number of carbonyl (C=O) groups excluding carboxylic acids is 2. The first kappa shape index (κ1) is 33.3. The molecule has 2 heterocycles. The Hall–Kier alpha value is -1.68. The first-order valence-corrected chi connectivity index (χ1v) is 14.8. The van der Waals surface area contributed by atoms with Gasteiger partial charge < -0.3 is 15.5 Å². The summed E-state index contributed by atoms with van der Waals surface area (Å²) < 4.78 is 47.8. The number of halogens is 1. The quantitative estimate of drug-likeness (QED) is 0.169. The molecule has 2 amide bonds. The maximum Gasteiger partial charge on any atom is 0.222 e. The third-order valence-electron chi connectivity index (χ3n) is 5.43. The van der Waals surface area contributed by atoms with Crippen molar-refractivity contribution in [2.75, 3.05) is 78.0 Å². The highest BCUT2D eigenvalue weighted by atomic mass is 35.5. The average molecular weight is 561 g/mol. The van der Waals surface area contributed by atoms with Crippen LogP contribution in [0.3, 0.4) is 0 Å². The predicted molar refractivity (Wildman–Crippen MR) is 135 cm³/mol. The van der Waals surface area contributed by atoms with E-state index >= 15 is 0 Å². The summed E-state index contributed by atoms with van der Waals surface area (Å²) in [5.74, 6) is 0.0508. The Kier molecular flexibility index (Phi) is 15.4. The summed E-state index contributed by atoms with van der Waals surface area (Å²) in [6.45, 7) is 4.12. The summed E-state index contributed by atoms with van der Waals surface area (Å²) in [5, 5.41) is 3.36. The molecular weight excluding hydrogens is 524 g/mol. The van der Waals surface area contributed by atoms with Crippen molar-refractivity contribution in [2.24, 2.45) is 10.8 Å². The van der Waals surface area contributed by atoms with Crippen LogP contribution >= 0.6 is 12.4 Å². The number of azide groups is 1. The number of piperazine rings is 2. The molecule has 0 aromatic rings. The van der Waals surface area contributed by atoms with Crippen molar-refractivity contribution in [1.29, 1.82) is 0 Å². The van der Waals surface area contributed by atoms with Crippen LogP contribution in [0.25, 0.3) is 10.4 Å². The van der Waals surface area contributed by atoms with E-state index in [1.165, 1.54) is 21.1 Å². The molecule has 2 fully saturated rings. The molecule has 0 bridgehead atoms. The highest BCUT2D eigenvalue weighted by molar-refractivity contribution is 7.88. The molecular formula is C18H37ClN8O6S2. The number of sulfonamides is 2. The molecule has 2 N–H and O–H groups in total.